The van der Waals surface area contributed by atoms with E-state index in [0.717, 1.165) is 6.07 Å². The molecule has 1 saturated heterocycles. The molecule has 0 radical (unpaired) electrons. The molecule has 0 aliphatic carbocycles. The minimum Gasteiger partial charge on any atom is -0.493 e. The van der Waals surface area contributed by atoms with Gasteiger partial charge in [-0.2, -0.15) is 4.98 Å². The van der Waals surface area contributed by atoms with E-state index in [1.807, 2.05) is 0 Å². The summed E-state index contributed by atoms with van der Waals surface area (Å²) in [6.45, 7) is 0. The molecule has 1 aliphatic heterocycles. The first kappa shape index (κ1) is 13.5. The summed E-state index contributed by atoms with van der Waals surface area (Å²) < 4.78 is 1.96. The van der Waals surface area contributed by atoms with Gasteiger partial charge in [-0.1, -0.05) is 30.0 Å². The zero-order valence-electron chi connectivity index (χ0n) is 9.57. The molecule has 0 bridgehead atoms. The lowest BCUT2D eigenvalue weighted by Crippen LogP contribution is -2.18. The van der Waals surface area contributed by atoms with Crippen LogP contribution in [-0.2, 0) is 4.79 Å². The third-order valence-electron chi connectivity index (χ3n) is 2.13. The maximum absolute atomic E-state index is 11.2. The van der Waals surface area contributed by atoms with Gasteiger partial charge in [-0.25, -0.2) is 0 Å². The Labute approximate surface area is 117 Å². The fourth-order valence-electron chi connectivity index (χ4n) is 1.36. The van der Waals surface area contributed by atoms with Crippen LogP contribution in [0, 0.1) is 0 Å². The predicted octanol–water partition coefficient (Wildman–Crippen LogP) is 0.534. The third kappa shape index (κ3) is 3.52. The maximum atomic E-state index is 11.2. The first-order valence-electron chi connectivity index (χ1n) is 5.20. The molecule has 1 fully saturated rings. The Morgan fingerprint density at radius 2 is 2.21 bits per heavy atom. The van der Waals surface area contributed by atoms with Crippen LogP contribution in [0.15, 0.2) is 35.3 Å². The monoisotopic (exact) mass is 295 g/mol. The molecule has 1 amide bonds. The van der Waals surface area contributed by atoms with E-state index in [2.05, 4.69) is 22.5 Å². The molecule has 2 aromatic heterocycles. The number of nitrogens with one attached hydrogen (secondary N) is 1. The zero-order chi connectivity index (χ0) is 13.8. The van der Waals surface area contributed by atoms with E-state index in [1.54, 1.807) is 24.4 Å². The first-order valence-corrected chi connectivity index (χ1v) is 6.59. The summed E-state index contributed by atoms with van der Waals surface area (Å²) in [5.74, 6) is 0.278. The number of carbonyl (C=O) groups excluding carboxylic acids is 1. The van der Waals surface area contributed by atoms with E-state index in [1.165, 1.54) is 16.2 Å². The summed E-state index contributed by atoms with van der Waals surface area (Å²) in [5.41, 5.74) is 0.167. The van der Waals surface area contributed by atoms with Gasteiger partial charge in [-0.05, 0) is 12.1 Å². The second-order valence-electron chi connectivity index (χ2n) is 3.51. The van der Waals surface area contributed by atoms with Crippen LogP contribution in [0.4, 0.5) is 0 Å². The van der Waals surface area contributed by atoms with Crippen molar-refractivity contribution in [2.75, 3.05) is 5.75 Å². The van der Waals surface area contributed by atoms with Crippen molar-refractivity contribution < 1.29 is 9.90 Å². The minimum atomic E-state index is -0.280. The Kier molecular flexibility index (Phi) is 4.13. The highest BCUT2D eigenvalue weighted by Crippen LogP contribution is 2.07. The third-order valence-corrected chi connectivity index (χ3v) is 3.36. The van der Waals surface area contributed by atoms with Crippen molar-refractivity contribution in [1.82, 2.24) is 14.7 Å². The normalized spacial score (nSPS) is 13.9. The van der Waals surface area contributed by atoms with Crippen LogP contribution in [0.5, 0.6) is 5.88 Å². The standard InChI is InChI=1S/C8H6N2O2.C3H3NOS2/c11-7-5-8(12)10-4-2-1-3-6(10)9-7;5-2-1-7-3(6)4-2/h1-5,11H;1H2,(H,4,5,6). The molecule has 2 N–H and O–H groups in total. The highest BCUT2D eigenvalue weighted by Gasteiger charge is 2.13. The van der Waals surface area contributed by atoms with Gasteiger partial charge in [0.25, 0.3) is 5.56 Å². The molecule has 3 heterocycles. The van der Waals surface area contributed by atoms with E-state index in [-0.39, 0.29) is 17.3 Å². The molecule has 0 spiro atoms. The molecular formula is C11H9N3O3S2. The lowest BCUT2D eigenvalue weighted by molar-refractivity contribution is -0.116. The van der Waals surface area contributed by atoms with Crippen molar-refractivity contribution in [2.45, 2.75) is 0 Å². The van der Waals surface area contributed by atoms with Gasteiger partial charge in [0.15, 0.2) is 0 Å². The highest BCUT2D eigenvalue weighted by atomic mass is 32.2. The van der Waals surface area contributed by atoms with Crippen LogP contribution in [0.3, 0.4) is 0 Å². The molecule has 2 aromatic rings. The van der Waals surface area contributed by atoms with Crippen LogP contribution in [-0.4, -0.2) is 30.5 Å². The van der Waals surface area contributed by atoms with Crippen molar-refractivity contribution in [3.05, 3.63) is 40.8 Å². The molecule has 98 valence electrons. The summed E-state index contributed by atoms with van der Waals surface area (Å²) in [6, 6.07) is 6.21. The number of aromatic hydroxyl groups is 1. The largest absolute Gasteiger partial charge is 0.493 e. The van der Waals surface area contributed by atoms with Gasteiger partial charge in [0.2, 0.25) is 11.8 Å². The molecule has 0 atom stereocenters. The summed E-state index contributed by atoms with van der Waals surface area (Å²) in [6.07, 6.45) is 1.60. The number of amides is 1. The number of fused-ring (bicyclic) bond motifs is 1. The smallest absolute Gasteiger partial charge is 0.261 e. The molecule has 19 heavy (non-hydrogen) atoms. The van der Waals surface area contributed by atoms with Gasteiger partial charge >= 0.3 is 0 Å². The fourth-order valence-corrected chi connectivity index (χ4v) is 2.17. The SMILES string of the molecule is O=C1CSC(=S)N1.O=c1cc(O)nc2ccccn12. The zero-order valence-corrected chi connectivity index (χ0v) is 11.2. The van der Waals surface area contributed by atoms with Crippen LogP contribution in [0.1, 0.15) is 0 Å². The summed E-state index contributed by atoms with van der Waals surface area (Å²) >= 11 is 6.00. The molecule has 0 unspecified atom stereocenters. The van der Waals surface area contributed by atoms with Crippen molar-refractivity contribution in [3.63, 3.8) is 0 Å². The van der Waals surface area contributed by atoms with Crippen LogP contribution >= 0.6 is 24.0 Å². The summed E-state index contributed by atoms with van der Waals surface area (Å²) in [5, 5.41) is 11.5. The van der Waals surface area contributed by atoms with Crippen LogP contribution in [0.2, 0.25) is 0 Å². The molecule has 8 heteroatoms. The Morgan fingerprint density at radius 1 is 1.42 bits per heavy atom. The van der Waals surface area contributed by atoms with Crippen LogP contribution < -0.4 is 10.9 Å². The van der Waals surface area contributed by atoms with Gasteiger partial charge in [-0.15, -0.1) is 0 Å². The molecular weight excluding hydrogens is 286 g/mol. The quantitative estimate of drug-likeness (QED) is 0.690. The number of hydrogen-bond acceptors (Lipinski definition) is 6. The number of aromatic nitrogens is 2. The fraction of sp³-hybridized carbons (Fsp3) is 0.0909. The Balaban J connectivity index is 0.000000163. The van der Waals surface area contributed by atoms with Crippen molar-refractivity contribution in [2.24, 2.45) is 0 Å². The number of pyridine rings is 1. The topological polar surface area (TPSA) is 83.7 Å². The van der Waals surface area contributed by atoms with E-state index >= 15 is 0 Å². The van der Waals surface area contributed by atoms with Gasteiger partial charge in [0.05, 0.1) is 11.8 Å². The average Bonchev–Trinajstić information content (AvgIpc) is 2.74. The second-order valence-corrected chi connectivity index (χ2v) is 5.16. The van der Waals surface area contributed by atoms with Crippen molar-refractivity contribution in [3.8, 4) is 5.88 Å². The molecule has 3 rings (SSSR count). The van der Waals surface area contributed by atoms with Gasteiger partial charge in [0, 0.05) is 6.20 Å². The summed E-state index contributed by atoms with van der Waals surface area (Å²) in [4.78, 5) is 25.2. The van der Waals surface area contributed by atoms with Crippen molar-refractivity contribution >= 4 is 39.9 Å². The Morgan fingerprint density at radius 3 is 2.79 bits per heavy atom. The molecule has 6 nitrogen and oxygen atoms in total. The number of carbonyl (C=O) groups is 1. The van der Waals surface area contributed by atoms with E-state index in [4.69, 9.17) is 5.11 Å². The number of rotatable bonds is 0. The number of thiocarbonyl (C=S) groups is 1. The second kappa shape index (κ2) is 5.81. The lowest BCUT2D eigenvalue weighted by Gasteiger charge is -1.97. The highest BCUT2D eigenvalue weighted by molar-refractivity contribution is 8.24. The summed E-state index contributed by atoms with van der Waals surface area (Å²) in [7, 11) is 0. The number of thioether (sulfide) groups is 1. The molecule has 1 aliphatic rings. The van der Waals surface area contributed by atoms with Crippen LogP contribution in [0.25, 0.3) is 5.65 Å². The van der Waals surface area contributed by atoms with Gasteiger partial charge in [-0.3, -0.25) is 14.0 Å². The van der Waals surface area contributed by atoms with E-state index in [0.29, 0.717) is 15.7 Å². The van der Waals surface area contributed by atoms with Gasteiger partial charge in [0.1, 0.15) is 9.97 Å². The predicted molar refractivity (Wildman–Crippen MR) is 76.3 cm³/mol. The minimum absolute atomic E-state index is 0.0231. The van der Waals surface area contributed by atoms with E-state index in [9.17, 15) is 9.59 Å². The molecule has 0 saturated carbocycles. The Hall–Kier alpha value is -1.93. The Bertz CT molecular complexity index is 685. The first-order chi connectivity index (χ1) is 9.06. The van der Waals surface area contributed by atoms with Crippen molar-refractivity contribution in [1.29, 1.82) is 0 Å². The number of nitrogens with zero attached hydrogens (tertiary/aromatic N) is 2. The maximum Gasteiger partial charge on any atom is 0.261 e. The van der Waals surface area contributed by atoms with E-state index < -0.39 is 0 Å². The lowest BCUT2D eigenvalue weighted by atomic mass is 10.4. The average molecular weight is 295 g/mol. The molecule has 0 aromatic carbocycles. The van der Waals surface area contributed by atoms with Gasteiger partial charge < -0.3 is 10.4 Å². The number of hydrogen-bond donors (Lipinski definition) is 2.